The SMILES string of the molecule is CNCCC1CCCCN1c1ccccn1. The van der Waals surface area contributed by atoms with Crippen LogP contribution in [0.2, 0.25) is 0 Å². The second-order valence-electron chi connectivity index (χ2n) is 4.42. The highest BCUT2D eigenvalue weighted by atomic mass is 15.2. The Labute approximate surface area is 97.9 Å². The maximum Gasteiger partial charge on any atom is 0.128 e. The van der Waals surface area contributed by atoms with Gasteiger partial charge in [-0.15, -0.1) is 0 Å². The van der Waals surface area contributed by atoms with Gasteiger partial charge in [0.15, 0.2) is 0 Å². The third kappa shape index (κ3) is 2.73. The molecular formula is C13H21N3. The van der Waals surface area contributed by atoms with Crippen molar-refractivity contribution in [3.63, 3.8) is 0 Å². The van der Waals surface area contributed by atoms with E-state index in [9.17, 15) is 0 Å². The summed E-state index contributed by atoms with van der Waals surface area (Å²) >= 11 is 0. The van der Waals surface area contributed by atoms with Crippen LogP contribution < -0.4 is 10.2 Å². The normalized spacial score (nSPS) is 21.1. The minimum Gasteiger partial charge on any atom is -0.354 e. The van der Waals surface area contributed by atoms with Gasteiger partial charge in [-0.25, -0.2) is 4.98 Å². The molecule has 1 atom stereocenters. The van der Waals surface area contributed by atoms with Gasteiger partial charge in [-0.3, -0.25) is 0 Å². The van der Waals surface area contributed by atoms with E-state index < -0.39 is 0 Å². The van der Waals surface area contributed by atoms with Gasteiger partial charge in [-0.1, -0.05) is 6.07 Å². The third-order valence-corrected chi connectivity index (χ3v) is 3.30. The molecule has 0 saturated carbocycles. The van der Waals surface area contributed by atoms with Crippen LogP contribution in [-0.4, -0.2) is 31.2 Å². The predicted octanol–water partition coefficient (Wildman–Crippen LogP) is 2.05. The van der Waals surface area contributed by atoms with E-state index in [4.69, 9.17) is 0 Å². The summed E-state index contributed by atoms with van der Waals surface area (Å²) < 4.78 is 0. The van der Waals surface area contributed by atoms with Crippen LogP contribution in [0.5, 0.6) is 0 Å². The zero-order valence-electron chi connectivity index (χ0n) is 10.0. The molecule has 1 aliphatic heterocycles. The maximum absolute atomic E-state index is 4.47. The summed E-state index contributed by atoms with van der Waals surface area (Å²) in [7, 11) is 2.02. The van der Waals surface area contributed by atoms with Crippen molar-refractivity contribution in [1.29, 1.82) is 0 Å². The smallest absolute Gasteiger partial charge is 0.128 e. The Bertz CT molecular complexity index is 299. The summed E-state index contributed by atoms with van der Waals surface area (Å²) in [5.41, 5.74) is 0. The maximum atomic E-state index is 4.47. The van der Waals surface area contributed by atoms with Crippen molar-refractivity contribution in [3.05, 3.63) is 24.4 Å². The molecule has 1 saturated heterocycles. The van der Waals surface area contributed by atoms with Crippen molar-refractivity contribution in [2.45, 2.75) is 31.7 Å². The first kappa shape index (κ1) is 11.4. The number of pyridine rings is 1. The van der Waals surface area contributed by atoms with E-state index in [1.165, 1.54) is 25.7 Å². The van der Waals surface area contributed by atoms with Crippen molar-refractivity contribution in [2.24, 2.45) is 0 Å². The molecule has 0 aliphatic carbocycles. The van der Waals surface area contributed by atoms with Crippen LogP contribution >= 0.6 is 0 Å². The molecule has 16 heavy (non-hydrogen) atoms. The lowest BCUT2D eigenvalue weighted by Gasteiger charge is -2.36. The van der Waals surface area contributed by atoms with E-state index >= 15 is 0 Å². The average molecular weight is 219 g/mol. The summed E-state index contributed by atoms with van der Waals surface area (Å²) in [6.45, 7) is 2.25. The molecule has 1 fully saturated rings. The highest BCUT2D eigenvalue weighted by Gasteiger charge is 2.22. The van der Waals surface area contributed by atoms with Gasteiger partial charge in [-0.2, -0.15) is 0 Å². The number of aromatic nitrogens is 1. The van der Waals surface area contributed by atoms with Crippen molar-refractivity contribution in [2.75, 3.05) is 25.0 Å². The number of piperidine rings is 1. The number of hydrogen-bond acceptors (Lipinski definition) is 3. The minimum atomic E-state index is 0.663. The number of nitrogens with zero attached hydrogens (tertiary/aromatic N) is 2. The Hall–Kier alpha value is -1.09. The van der Waals surface area contributed by atoms with Crippen LogP contribution in [0.25, 0.3) is 0 Å². The molecule has 1 N–H and O–H groups in total. The number of rotatable bonds is 4. The highest BCUT2D eigenvalue weighted by molar-refractivity contribution is 5.39. The van der Waals surface area contributed by atoms with E-state index in [0.29, 0.717) is 6.04 Å². The van der Waals surface area contributed by atoms with Gasteiger partial charge >= 0.3 is 0 Å². The molecule has 2 rings (SSSR count). The molecule has 3 heteroatoms. The van der Waals surface area contributed by atoms with Gasteiger partial charge in [0.1, 0.15) is 5.82 Å². The zero-order chi connectivity index (χ0) is 11.2. The van der Waals surface area contributed by atoms with E-state index in [2.05, 4.69) is 27.3 Å². The molecule has 1 aliphatic rings. The molecule has 1 aromatic heterocycles. The summed E-state index contributed by atoms with van der Waals surface area (Å²) in [6, 6.07) is 6.84. The van der Waals surface area contributed by atoms with Crippen molar-refractivity contribution >= 4 is 5.82 Å². The van der Waals surface area contributed by atoms with Crippen molar-refractivity contribution in [1.82, 2.24) is 10.3 Å². The quantitative estimate of drug-likeness (QED) is 0.840. The van der Waals surface area contributed by atoms with E-state index in [1.807, 2.05) is 19.3 Å². The first-order valence-electron chi connectivity index (χ1n) is 6.24. The van der Waals surface area contributed by atoms with Gasteiger partial charge < -0.3 is 10.2 Å². The molecule has 0 aromatic carbocycles. The van der Waals surface area contributed by atoms with Gasteiger partial charge in [-0.05, 0) is 51.4 Å². The Balaban J connectivity index is 2.04. The Morgan fingerprint density at radius 2 is 2.38 bits per heavy atom. The second-order valence-corrected chi connectivity index (χ2v) is 4.42. The van der Waals surface area contributed by atoms with Crippen LogP contribution in [0.4, 0.5) is 5.82 Å². The monoisotopic (exact) mass is 219 g/mol. The lowest BCUT2D eigenvalue weighted by atomic mass is 9.99. The Kier molecular flexibility index (Phi) is 4.17. The highest BCUT2D eigenvalue weighted by Crippen LogP contribution is 2.24. The van der Waals surface area contributed by atoms with Gasteiger partial charge in [0.05, 0.1) is 0 Å². The summed E-state index contributed by atoms with van der Waals surface area (Å²) in [5, 5.41) is 3.24. The third-order valence-electron chi connectivity index (χ3n) is 3.30. The van der Waals surface area contributed by atoms with E-state index in [1.54, 1.807) is 0 Å². The predicted molar refractivity (Wildman–Crippen MR) is 67.8 cm³/mol. The number of hydrogen-bond donors (Lipinski definition) is 1. The molecule has 0 radical (unpaired) electrons. The second kappa shape index (κ2) is 5.85. The van der Waals surface area contributed by atoms with Crippen LogP contribution in [0.15, 0.2) is 24.4 Å². The molecule has 1 aromatic rings. The molecule has 1 unspecified atom stereocenters. The molecule has 2 heterocycles. The van der Waals surface area contributed by atoms with Crippen molar-refractivity contribution in [3.8, 4) is 0 Å². The topological polar surface area (TPSA) is 28.2 Å². The molecule has 0 spiro atoms. The molecule has 3 nitrogen and oxygen atoms in total. The minimum absolute atomic E-state index is 0.663. The van der Waals surface area contributed by atoms with E-state index in [-0.39, 0.29) is 0 Å². The lowest BCUT2D eigenvalue weighted by Crippen LogP contribution is -2.41. The van der Waals surface area contributed by atoms with Gasteiger partial charge in [0, 0.05) is 18.8 Å². The standard InChI is InChI=1S/C13H21N3/c1-14-10-8-12-6-3-5-11-16(12)13-7-2-4-9-15-13/h2,4,7,9,12,14H,3,5-6,8,10-11H2,1H3. The fraction of sp³-hybridized carbons (Fsp3) is 0.615. The van der Waals surface area contributed by atoms with Crippen LogP contribution in [-0.2, 0) is 0 Å². The van der Waals surface area contributed by atoms with Crippen LogP contribution in [0.3, 0.4) is 0 Å². The van der Waals surface area contributed by atoms with Crippen molar-refractivity contribution < 1.29 is 0 Å². The van der Waals surface area contributed by atoms with Gasteiger partial charge in [0.2, 0.25) is 0 Å². The first-order chi connectivity index (χ1) is 7.92. The fourth-order valence-corrected chi connectivity index (χ4v) is 2.44. The Morgan fingerprint density at radius 1 is 1.44 bits per heavy atom. The van der Waals surface area contributed by atoms with Crippen LogP contribution in [0, 0.1) is 0 Å². The van der Waals surface area contributed by atoms with E-state index in [0.717, 1.165) is 18.9 Å². The molecular weight excluding hydrogens is 198 g/mol. The average Bonchev–Trinajstić information content (AvgIpc) is 2.38. The van der Waals surface area contributed by atoms with Crippen LogP contribution in [0.1, 0.15) is 25.7 Å². The zero-order valence-corrected chi connectivity index (χ0v) is 10.0. The number of anilines is 1. The number of nitrogens with one attached hydrogen (secondary N) is 1. The fourth-order valence-electron chi connectivity index (χ4n) is 2.44. The summed E-state index contributed by atoms with van der Waals surface area (Å²) in [6.07, 6.45) is 7.06. The molecule has 0 amide bonds. The first-order valence-corrected chi connectivity index (χ1v) is 6.24. The molecule has 88 valence electrons. The largest absolute Gasteiger partial charge is 0.354 e. The van der Waals surface area contributed by atoms with Gasteiger partial charge in [0.25, 0.3) is 0 Å². The summed E-state index contributed by atoms with van der Waals surface area (Å²) in [4.78, 5) is 6.94. The summed E-state index contributed by atoms with van der Waals surface area (Å²) in [5.74, 6) is 1.14. The molecule has 0 bridgehead atoms. The Morgan fingerprint density at radius 3 is 3.12 bits per heavy atom. The lowest BCUT2D eigenvalue weighted by molar-refractivity contribution is 0.430.